The van der Waals surface area contributed by atoms with Gasteiger partial charge in [-0.3, -0.25) is 4.79 Å². The molecule has 5 nitrogen and oxygen atoms in total. The van der Waals surface area contributed by atoms with E-state index in [1.54, 1.807) is 31.3 Å². The average molecular weight is 388 g/mol. The van der Waals surface area contributed by atoms with E-state index in [2.05, 4.69) is 21.8 Å². The van der Waals surface area contributed by atoms with Crippen molar-refractivity contribution in [2.45, 2.75) is 26.8 Å². The molecular weight excluding hydrogens is 367 g/mol. The van der Waals surface area contributed by atoms with Gasteiger partial charge in [0.2, 0.25) is 0 Å². The molecule has 2 aromatic heterocycles. The molecule has 0 aliphatic carbocycles. The van der Waals surface area contributed by atoms with Crippen LogP contribution in [0.15, 0.2) is 60.8 Å². The summed E-state index contributed by atoms with van der Waals surface area (Å²) >= 11 is 0. The molecule has 29 heavy (non-hydrogen) atoms. The average Bonchev–Trinajstić information content (AvgIpc) is 3.10. The van der Waals surface area contributed by atoms with Crippen LogP contribution in [0.2, 0.25) is 0 Å². The van der Waals surface area contributed by atoms with E-state index in [1.807, 2.05) is 30.3 Å². The molecule has 2 aromatic carbocycles. The maximum atomic E-state index is 13.5. The highest BCUT2D eigenvalue weighted by molar-refractivity contribution is 6.05. The monoisotopic (exact) mass is 388 g/mol. The Balaban J connectivity index is 1.68. The van der Waals surface area contributed by atoms with Crippen LogP contribution in [0.1, 0.15) is 29.3 Å². The van der Waals surface area contributed by atoms with Gasteiger partial charge in [-0.2, -0.15) is 0 Å². The number of hydrogen-bond acceptors (Lipinski definition) is 3. The van der Waals surface area contributed by atoms with Gasteiger partial charge in [0.1, 0.15) is 17.2 Å². The predicted octanol–water partition coefficient (Wildman–Crippen LogP) is 5.21. The summed E-state index contributed by atoms with van der Waals surface area (Å²) in [6.45, 7) is 4.55. The Labute approximate surface area is 168 Å². The van der Waals surface area contributed by atoms with Gasteiger partial charge in [-0.25, -0.2) is 14.4 Å². The fourth-order valence-electron chi connectivity index (χ4n) is 3.34. The lowest BCUT2D eigenvalue weighted by atomic mass is 10.1. The van der Waals surface area contributed by atoms with Crippen molar-refractivity contribution < 1.29 is 9.18 Å². The van der Waals surface area contributed by atoms with Gasteiger partial charge in [-0.15, -0.1) is 0 Å². The molecule has 0 saturated carbocycles. The fraction of sp³-hybridized carbons (Fsp3) is 0.174. The fourth-order valence-corrected chi connectivity index (χ4v) is 3.34. The molecule has 0 spiro atoms. The third kappa shape index (κ3) is 3.74. The lowest BCUT2D eigenvalue weighted by Gasteiger charge is -2.10. The number of benzene rings is 2. The van der Waals surface area contributed by atoms with Crippen molar-refractivity contribution in [3.63, 3.8) is 0 Å². The van der Waals surface area contributed by atoms with Gasteiger partial charge in [0, 0.05) is 29.6 Å². The highest BCUT2D eigenvalue weighted by Gasteiger charge is 2.15. The number of carbonyl (C=O) groups is 1. The number of carbonyl (C=O) groups excluding carboxylic acids is 1. The van der Waals surface area contributed by atoms with E-state index in [9.17, 15) is 9.18 Å². The molecule has 0 aliphatic heterocycles. The zero-order valence-electron chi connectivity index (χ0n) is 16.3. The molecule has 4 aromatic rings. The van der Waals surface area contributed by atoms with E-state index < -0.39 is 0 Å². The largest absolute Gasteiger partial charge is 0.322 e. The SMILES string of the molecule is CCCn1c(-c2cccc(C(=O)Nc3ccc(F)c(C)c3)c2)nc2cccnc21. The topological polar surface area (TPSA) is 59.8 Å². The van der Waals surface area contributed by atoms with Crippen LogP contribution in [0.3, 0.4) is 0 Å². The molecule has 0 atom stereocenters. The molecule has 2 heterocycles. The maximum absolute atomic E-state index is 13.5. The van der Waals surface area contributed by atoms with Crippen LogP contribution in [-0.2, 0) is 6.54 Å². The third-order valence-corrected chi connectivity index (χ3v) is 4.75. The quantitative estimate of drug-likeness (QED) is 0.511. The first-order valence-corrected chi connectivity index (χ1v) is 9.56. The number of nitrogens with one attached hydrogen (secondary N) is 1. The number of amides is 1. The van der Waals surface area contributed by atoms with E-state index in [-0.39, 0.29) is 11.7 Å². The smallest absolute Gasteiger partial charge is 0.255 e. The Morgan fingerprint density at radius 1 is 1.14 bits per heavy atom. The zero-order chi connectivity index (χ0) is 20.4. The molecule has 0 saturated heterocycles. The number of anilines is 1. The normalized spacial score (nSPS) is 11.0. The molecule has 4 rings (SSSR count). The molecule has 0 bridgehead atoms. The second-order valence-electron chi connectivity index (χ2n) is 6.93. The molecule has 1 N–H and O–H groups in total. The number of aryl methyl sites for hydroxylation is 2. The second kappa shape index (κ2) is 7.83. The Morgan fingerprint density at radius 2 is 2.00 bits per heavy atom. The molecule has 1 amide bonds. The third-order valence-electron chi connectivity index (χ3n) is 4.75. The standard InChI is InChI=1S/C23H21FN4O/c1-3-12-28-21(27-20-8-5-11-25-22(20)28)16-6-4-7-17(14-16)23(29)26-18-9-10-19(24)15(2)13-18/h4-11,13-14H,3,12H2,1-2H3,(H,26,29). The Kier molecular flexibility index (Phi) is 5.08. The van der Waals surface area contributed by atoms with Crippen LogP contribution in [-0.4, -0.2) is 20.4 Å². The highest BCUT2D eigenvalue weighted by atomic mass is 19.1. The number of fused-ring (bicyclic) bond motifs is 1. The van der Waals surface area contributed by atoms with Crippen molar-refractivity contribution in [1.82, 2.24) is 14.5 Å². The summed E-state index contributed by atoms with van der Waals surface area (Å²) in [6, 6.07) is 15.7. The van der Waals surface area contributed by atoms with Crippen LogP contribution >= 0.6 is 0 Å². The Hall–Kier alpha value is -3.54. The van der Waals surface area contributed by atoms with E-state index in [1.165, 1.54) is 6.07 Å². The van der Waals surface area contributed by atoms with E-state index >= 15 is 0 Å². The molecule has 146 valence electrons. The minimum atomic E-state index is -0.298. The number of hydrogen-bond donors (Lipinski definition) is 1. The van der Waals surface area contributed by atoms with Gasteiger partial charge in [0.15, 0.2) is 5.65 Å². The molecule has 6 heteroatoms. The minimum absolute atomic E-state index is 0.255. The van der Waals surface area contributed by atoms with Gasteiger partial charge in [-0.1, -0.05) is 19.1 Å². The first-order valence-electron chi connectivity index (χ1n) is 9.56. The molecular formula is C23H21FN4O. The number of nitrogens with zero attached hydrogens (tertiary/aromatic N) is 3. The summed E-state index contributed by atoms with van der Waals surface area (Å²) in [5, 5.41) is 2.83. The second-order valence-corrected chi connectivity index (χ2v) is 6.93. The van der Waals surface area contributed by atoms with Crippen LogP contribution in [0, 0.1) is 12.7 Å². The van der Waals surface area contributed by atoms with Crippen molar-refractivity contribution in [2.75, 3.05) is 5.32 Å². The van der Waals surface area contributed by atoms with Crippen molar-refractivity contribution >= 4 is 22.8 Å². The Bertz CT molecular complexity index is 1200. The van der Waals surface area contributed by atoms with Gasteiger partial charge >= 0.3 is 0 Å². The number of halogens is 1. The van der Waals surface area contributed by atoms with Crippen molar-refractivity contribution in [3.05, 3.63) is 77.7 Å². The van der Waals surface area contributed by atoms with Gasteiger partial charge < -0.3 is 9.88 Å². The summed E-state index contributed by atoms with van der Waals surface area (Å²) in [5.41, 5.74) is 4.06. The van der Waals surface area contributed by atoms with Crippen LogP contribution in [0.25, 0.3) is 22.6 Å². The number of aromatic nitrogens is 3. The van der Waals surface area contributed by atoms with Crippen molar-refractivity contribution in [2.24, 2.45) is 0 Å². The highest BCUT2D eigenvalue weighted by Crippen LogP contribution is 2.25. The number of pyridine rings is 1. The Morgan fingerprint density at radius 3 is 2.79 bits per heavy atom. The summed E-state index contributed by atoms with van der Waals surface area (Å²) in [5.74, 6) is 0.232. The van der Waals surface area contributed by atoms with E-state index in [4.69, 9.17) is 4.98 Å². The predicted molar refractivity (Wildman–Crippen MR) is 112 cm³/mol. The summed E-state index contributed by atoms with van der Waals surface area (Å²) in [7, 11) is 0. The molecule has 0 fully saturated rings. The first-order chi connectivity index (χ1) is 14.1. The van der Waals surface area contributed by atoms with Crippen molar-refractivity contribution in [3.8, 4) is 11.4 Å². The van der Waals surface area contributed by atoms with Crippen molar-refractivity contribution in [1.29, 1.82) is 0 Å². The summed E-state index contributed by atoms with van der Waals surface area (Å²) in [4.78, 5) is 21.9. The van der Waals surface area contributed by atoms with Gasteiger partial charge in [0.25, 0.3) is 5.91 Å². The van der Waals surface area contributed by atoms with Gasteiger partial charge in [-0.05, 0) is 61.4 Å². The summed E-state index contributed by atoms with van der Waals surface area (Å²) in [6.07, 6.45) is 2.70. The number of imidazole rings is 1. The maximum Gasteiger partial charge on any atom is 0.255 e. The number of rotatable bonds is 5. The lowest BCUT2D eigenvalue weighted by molar-refractivity contribution is 0.102. The molecule has 0 aliphatic rings. The first kappa shape index (κ1) is 18.8. The summed E-state index contributed by atoms with van der Waals surface area (Å²) < 4.78 is 15.5. The molecule has 0 unspecified atom stereocenters. The lowest BCUT2D eigenvalue weighted by Crippen LogP contribution is -2.12. The zero-order valence-corrected chi connectivity index (χ0v) is 16.3. The van der Waals surface area contributed by atoms with E-state index in [0.717, 1.165) is 35.5 Å². The minimum Gasteiger partial charge on any atom is -0.322 e. The van der Waals surface area contributed by atoms with Crippen LogP contribution in [0.4, 0.5) is 10.1 Å². The molecule has 0 radical (unpaired) electrons. The van der Waals surface area contributed by atoms with Crippen LogP contribution < -0.4 is 5.32 Å². The van der Waals surface area contributed by atoms with Gasteiger partial charge in [0.05, 0.1) is 0 Å². The van der Waals surface area contributed by atoms with E-state index in [0.29, 0.717) is 16.8 Å². The van der Waals surface area contributed by atoms with Crippen LogP contribution in [0.5, 0.6) is 0 Å².